The van der Waals surface area contributed by atoms with E-state index in [0.717, 1.165) is 5.56 Å². The third-order valence-corrected chi connectivity index (χ3v) is 2.82. The van der Waals surface area contributed by atoms with Crippen molar-refractivity contribution in [3.05, 3.63) is 51.9 Å². The molecule has 2 rings (SSSR count). The van der Waals surface area contributed by atoms with E-state index in [1.165, 1.54) is 12.3 Å². The highest BCUT2D eigenvalue weighted by Gasteiger charge is 2.03. The second kappa shape index (κ2) is 5.42. The highest BCUT2D eigenvalue weighted by Crippen LogP contribution is 2.21. The van der Waals surface area contributed by atoms with Crippen LogP contribution in [-0.2, 0) is 6.54 Å². The third kappa shape index (κ3) is 3.03. The predicted molar refractivity (Wildman–Crippen MR) is 72.4 cm³/mol. The highest BCUT2D eigenvalue weighted by atomic mass is 35.5. The average Bonchev–Trinajstić information content (AvgIpc) is 2.32. The molecule has 1 aromatic heterocycles. The molecule has 0 bridgehead atoms. The Hall–Kier alpha value is -1.52. The van der Waals surface area contributed by atoms with Gasteiger partial charge in [0, 0.05) is 12.7 Å². The molecule has 18 heavy (non-hydrogen) atoms. The molecule has 0 atom stereocenters. The number of hydrogen-bond acceptors (Lipinski definition) is 3. The number of halogens is 3. The van der Waals surface area contributed by atoms with E-state index in [2.05, 4.69) is 10.3 Å². The summed E-state index contributed by atoms with van der Waals surface area (Å²) in [6.45, 7) is 0.443. The summed E-state index contributed by atoms with van der Waals surface area (Å²) < 4.78 is 13.0. The zero-order valence-corrected chi connectivity index (χ0v) is 10.8. The number of benzene rings is 1. The van der Waals surface area contributed by atoms with E-state index in [1.807, 2.05) is 0 Å². The molecule has 94 valence electrons. The number of nitrogens with zero attached hydrogens (tertiary/aromatic N) is 1. The van der Waals surface area contributed by atoms with Gasteiger partial charge in [0.25, 0.3) is 0 Å². The topological polar surface area (TPSA) is 50.9 Å². The molecule has 0 saturated heterocycles. The molecule has 1 heterocycles. The van der Waals surface area contributed by atoms with E-state index in [0.29, 0.717) is 23.1 Å². The smallest absolute Gasteiger partial charge is 0.149 e. The Morgan fingerprint density at radius 1 is 1.28 bits per heavy atom. The van der Waals surface area contributed by atoms with Crippen molar-refractivity contribution in [3.8, 4) is 0 Å². The van der Waals surface area contributed by atoms with Gasteiger partial charge in [-0.25, -0.2) is 9.37 Å². The maximum Gasteiger partial charge on any atom is 0.149 e. The summed E-state index contributed by atoms with van der Waals surface area (Å²) >= 11 is 11.4. The van der Waals surface area contributed by atoms with Gasteiger partial charge in [0.05, 0.1) is 15.7 Å². The fourth-order valence-corrected chi connectivity index (χ4v) is 1.81. The van der Waals surface area contributed by atoms with Gasteiger partial charge >= 0.3 is 0 Å². The third-order valence-electron chi connectivity index (χ3n) is 2.33. The van der Waals surface area contributed by atoms with E-state index < -0.39 is 5.82 Å². The molecule has 0 fully saturated rings. The van der Waals surface area contributed by atoms with E-state index >= 15 is 0 Å². The molecule has 0 spiro atoms. The summed E-state index contributed by atoms with van der Waals surface area (Å²) in [4.78, 5) is 4.06. The number of hydrogen-bond donors (Lipinski definition) is 2. The summed E-state index contributed by atoms with van der Waals surface area (Å²) in [5.74, 6) is 0.0874. The first-order chi connectivity index (χ1) is 8.56. The molecule has 2 aromatic rings. The second-order valence-corrected chi connectivity index (χ2v) is 4.54. The van der Waals surface area contributed by atoms with Crippen molar-refractivity contribution < 1.29 is 4.39 Å². The van der Waals surface area contributed by atoms with Crippen molar-refractivity contribution in [2.45, 2.75) is 6.54 Å². The minimum absolute atomic E-state index is 0.0892. The maximum atomic E-state index is 13.0. The summed E-state index contributed by atoms with van der Waals surface area (Å²) in [5, 5.41) is 3.59. The number of rotatable bonds is 3. The Morgan fingerprint density at radius 2 is 2.06 bits per heavy atom. The van der Waals surface area contributed by atoms with Crippen LogP contribution >= 0.6 is 23.2 Å². The Labute approximate surface area is 114 Å². The number of anilines is 2. The van der Waals surface area contributed by atoms with Crippen LogP contribution in [-0.4, -0.2) is 4.98 Å². The largest absolute Gasteiger partial charge is 0.396 e. The zero-order chi connectivity index (χ0) is 13.1. The second-order valence-electron chi connectivity index (χ2n) is 3.69. The van der Waals surface area contributed by atoms with Crippen LogP contribution in [0.3, 0.4) is 0 Å². The normalized spacial score (nSPS) is 10.4. The van der Waals surface area contributed by atoms with Crippen LogP contribution in [0.4, 0.5) is 15.9 Å². The van der Waals surface area contributed by atoms with Crippen LogP contribution in [0.2, 0.25) is 10.0 Å². The van der Waals surface area contributed by atoms with Crippen molar-refractivity contribution in [3.63, 3.8) is 0 Å². The van der Waals surface area contributed by atoms with Crippen molar-refractivity contribution in [2.24, 2.45) is 0 Å². The van der Waals surface area contributed by atoms with Crippen LogP contribution in [0.25, 0.3) is 0 Å². The van der Waals surface area contributed by atoms with E-state index in [4.69, 9.17) is 28.9 Å². The molecule has 1 aromatic carbocycles. The summed E-state index contributed by atoms with van der Waals surface area (Å²) in [5.41, 5.74) is 7.03. The Kier molecular flexibility index (Phi) is 3.89. The summed E-state index contributed by atoms with van der Waals surface area (Å²) in [6.07, 6.45) is 1.50. The van der Waals surface area contributed by atoms with Gasteiger partial charge in [-0.3, -0.25) is 0 Å². The zero-order valence-electron chi connectivity index (χ0n) is 9.25. The van der Waals surface area contributed by atoms with Crippen molar-refractivity contribution in [2.75, 3.05) is 11.1 Å². The molecule has 6 heteroatoms. The minimum atomic E-state index is -0.440. The van der Waals surface area contributed by atoms with Crippen molar-refractivity contribution >= 4 is 34.7 Å². The van der Waals surface area contributed by atoms with Gasteiger partial charge in [0.2, 0.25) is 0 Å². The van der Waals surface area contributed by atoms with Crippen molar-refractivity contribution in [1.29, 1.82) is 0 Å². The van der Waals surface area contributed by atoms with Gasteiger partial charge in [-0.15, -0.1) is 0 Å². The molecule has 0 aliphatic rings. The summed E-state index contributed by atoms with van der Waals surface area (Å²) in [6, 6.07) is 6.11. The first-order valence-corrected chi connectivity index (χ1v) is 5.90. The quantitative estimate of drug-likeness (QED) is 0.904. The lowest BCUT2D eigenvalue weighted by Gasteiger charge is -2.08. The number of nitrogens with one attached hydrogen (secondary N) is 1. The van der Waals surface area contributed by atoms with Gasteiger partial charge in [-0.05, 0) is 23.8 Å². The van der Waals surface area contributed by atoms with E-state index in [-0.39, 0.29) is 5.02 Å². The van der Waals surface area contributed by atoms with Crippen LogP contribution in [0, 0.1) is 5.82 Å². The van der Waals surface area contributed by atoms with E-state index in [1.54, 1.807) is 18.2 Å². The average molecular weight is 286 g/mol. The lowest BCUT2D eigenvalue weighted by molar-refractivity contribution is 0.627. The summed E-state index contributed by atoms with van der Waals surface area (Å²) in [7, 11) is 0. The van der Waals surface area contributed by atoms with E-state index in [9.17, 15) is 4.39 Å². The number of nitrogen functional groups attached to an aromatic ring is 1. The standard InChI is InChI=1S/C12H10Cl2FN3/c13-8-4-11(16)12(18-6-8)17-5-7-1-2-10(15)9(14)3-7/h1-4,6H,5,16H2,(H,17,18). The number of nitrogens with two attached hydrogens (primary N) is 1. The molecule has 3 nitrogen and oxygen atoms in total. The number of aromatic nitrogens is 1. The minimum Gasteiger partial charge on any atom is -0.396 e. The molecule has 0 unspecified atom stereocenters. The molecule has 0 aliphatic carbocycles. The maximum absolute atomic E-state index is 13.0. The molecular formula is C12H10Cl2FN3. The van der Waals surface area contributed by atoms with Gasteiger partial charge in [0.1, 0.15) is 11.6 Å². The molecule has 0 radical (unpaired) electrons. The molecule has 0 aliphatic heterocycles. The van der Waals surface area contributed by atoms with Crippen molar-refractivity contribution in [1.82, 2.24) is 4.98 Å². The molecule has 0 amide bonds. The monoisotopic (exact) mass is 285 g/mol. The van der Waals surface area contributed by atoms with Crippen LogP contribution < -0.4 is 11.1 Å². The Balaban J connectivity index is 2.09. The lowest BCUT2D eigenvalue weighted by Crippen LogP contribution is -2.04. The van der Waals surface area contributed by atoms with Crippen LogP contribution in [0.1, 0.15) is 5.56 Å². The fourth-order valence-electron chi connectivity index (χ4n) is 1.44. The SMILES string of the molecule is Nc1cc(Cl)cnc1NCc1ccc(F)c(Cl)c1. The highest BCUT2D eigenvalue weighted by molar-refractivity contribution is 6.31. The first kappa shape index (κ1) is 12.9. The van der Waals surface area contributed by atoms with Gasteiger partial charge < -0.3 is 11.1 Å². The molecule has 0 saturated carbocycles. The predicted octanol–water partition coefficient (Wildman–Crippen LogP) is 3.72. The lowest BCUT2D eigenvalue weighted by atomic mass is 10.2. The van der Waals surface area contributed by atoms with Crippen LogP contribution in [0.5, 0.6) is 0 Å². The Morgan fingerprint density at radius 3 is 2.72 bits per heavy atom. The number of pyridine rings is 1. The van der Waals surface area contributed by atoms with Crippen LogP contribution in [0.15, 0.2) is 30.5 Å². The molecule has 3 N–H and O–H groups in total. The first-order valence-electron chi connectivity index (χ1n) is 5.15. The molecular weight excluding hydrogens is 276 g/mol. The Bertz CT molecular complexity index is 575. The fraction of sp³-hybridized carbons (Fsp3) is 0.0833. The van der Waals surface area contributed by atoms with Gasteiger partial charge in [0.15, 0.2) is 0 Å². The van der Waals surface area contributed by atoms with Gasteiger partial charge in [-0.1, -0.05) is 29.3 Å². The van der Waals surface area contributed by atoms with Gasteiger partial charge in [-0.2, -0.15) is 0 Å².